The van der Waals surface area contributed by atoms with Gasteiger partial charge >= 0.3 is 0 Å². The molecule has 0 atom stereocenters. The summed E-state index contributed by atoms with van der Waals surface area (Å²) in [6.45, 7) is 0.964. The van der Waals surface area contributed by atoms with Crippen molar-refractivity contribution in [1.29, 1.82) is 5.26 Å². The van der Waals surface area contributed by atoms with Crippen LogP contribution in [-0.4, -0.2) is 29.3 Å². The number of nitrogens with zero attached hydrogens (tertiary/aromatic N) is 3. The molecule has 8 heteroatoms. The molecule has 1 amide bonds. The Bertz CT molecular complexity index is 1120. The van der Waals surface area contributed by atoms with Crippen molar-refractivity contribution in [2.75, 3.05) is 18.8 Å². The van der Waals surface area contributed by atoms with Crippen LogP contribution in [0.15, 0.2) is 41.4 Å². The second-order valence-electron chi connectivity index (χ2n) is 5.81. The van der Waals surface area contributed by atoms with Gasteiger partial charge in [-0.2, -0.15) is 22.0 Å². The lowest BCUT2D eigenvalue weighted by atomic mass is 10.1. The molecule has 0 spiro atoms. The molecule has 0 bridgehead atoms. The molecule has 136 valence electrons. The molecule has 2 aromatic carbocycles. The Balaban J connectivity index is 1.80. The number of hydrogen-bond donors (Lipinski definition) is 0. The van der Waals surface area contributed by atoms with Crippen molar-refractivity contribution < 1.29 is 14.3 Å². The third-order valence-electron chi connectivity index (χ3n) is 4.15. The van der Waals surface area contributed by atoms with Crippen molar-refractivity contribution in [3.8, 4) is 17.6 Å². The van der Waals surface area contributed by atoms with E-state index in [4.69, 9.17) is 14.7 Å². The van der Waals surface area contributed by atoms with Gasteiger partial charge < -0.3 is 14.0 Å². The summed E-state index contributed by atoms with van der Waals surface area (Å²) in [6.07, 6.45) is 2.04. The number of fused-ring (bicyclic) bond motifs is 2. The first kappa shape index (κ1) is 17.6. The number of thiazole rings is 1. The maximum atomic E-state index is 12.6. The van der Waals surface area contributed by atoms with Gasteiger partial charge in [-0.3, -0.25) is 4.79 Å². The number of rotatable bonds is 4. The summed E-state index contributed by atoms with van der Waals surface area (Å²) in [7, 11) is 0. The zero-order valence-electron chi connectivity index (χ0n) is 14.5. The van der Waals surface area contributed by atoms with E-state index >= 15 is 0 Å². The summed E-state index contributed by atoms with van der Waals surface area (Å²) < 4.78 is 14.0. The molecule has 1 aliphatic rings. The summed E-state index contributed by atoms with van der Waals surface area (Å²) in [4.78, 5) is 17.6. The van der Waals surface area contributed by atoms with E-state index in [1.165, 1.54) is 11.3 Å². The van der Waals surface area contributed by atoms with Gasteiger partial charge in [0.1, 0.15) is 0 Å². The van der Waals surface area contributed by atoms with E-state index in [-0.39, 0.29) is 12.7 Å². The average Bonchev–Trinajstić information content (AvgIpc) is 3.28. The lowest BCUT2D eigenvalue weighted by Crippen LogP contribution is -2.18. The highest BCUT2D eigenvalue weighted by Crippen LogP contribution is 2.37. The Kier molecular flexibility index (Phi) is 4.88. The number of nitriles is 1. The van der Waals surface area contributed by atoms with Gasteiger partial charge in [0.2, 0.25) is 6.79 Å². The number of amides is 1. The molecule has 4 rings (SSSR count). The van der Waals surface area contributed by atoms with Gasteiger partial charge in [-0.05, 0) is 30.5 Å². The summed E-state index contributed by atoms with van der Waals surface area (Å²) >= 11 is 3.18. The van der Waals surface area contributed by atoms with Gasteiger partial charge in [-0.15, -0.1) is 0 Å². The van der Waals surface area contributed by atoms with E-state index in [9.17, 15) is 4.79 Å². The number of ether oxygens (including phenoxy) is 2. The van der Waals surface area contributed by atoms with Crippen molar-refractivity contribution in [3.63, 3.8) is 0 Å². The SMILES string of the molecule is CSCCn1c(=NC(=O)c2ccc(C#N)cc2)sc2cc3c(cc21)OCO3. The number of hydrogen-bond acceptors (Lipinski definition) is 6. The predicted molar refractivity (Wildman–Crippen MR) is 105 cm³/mol. The number of carbonyl (C=O) groups excluding carboxylic acids is 1. The van der Waals surface area contributed by atoms with E-state index in [1.807, 2.05) is 29.0 Å². The van der Waals surface area contributed by atoms with Crippen LogP contribution in [0.1, 0.15) is 15.9 Å². The number of thioether (sulfide) groups is 1. The molecule has 6 nitrogen and oxygen atoms in total. The number of benzene rings is 2. The van der Waals surface area contributed by atoms with Gasteiger partial charge in [-0.1, -0.05) is 11.3 Å². The van der Waals surface area contributed by atoms with Gasteiger partial charge in [-0.25, -0.2) is 0 Å². The molecular weight excluding hydrogens is 382 g/mol. The highest BCUT2D eigenvalue weighted by atomic mass is 32.2. The van der Waals surface area contributed by atoms with Crippen LogP contribution in [0.3, 0.4) is 0 Å². The molecule has 0 fully saturated rings. The van der Waals surface area contributed by atoms with E-state index in [1.54, 1.807) is 36.0 Å². The Morgan fingerprint density at radius 1 is 1.30 bits per heavy atom. The molecule has 0 aliphatic carbocycles. The molecule has 0 unspecified atom stereocenters. The Labute approximate surface area is 163 Å². The topological polar surface area (TPSA) is 76.6 Å². The van der Waals surface area contributed by atoms with Crippen LogP contribution in [0, 0.1) is 11.3 Å². The average molecular weight is 397 g/mol. The maximum Gasteiger partial charge on any atom is 0.279 e. The van der Waals surface area contributed by atoms with Crippen LogP contribution < -0.4 is 14.3 Å². The van der Waals surface area contributed by atoms with Crippen LogP contribution in [0.4, 0.5) is 0 Å². The molecular formula is C19H15N3O3S2. The highest BCUT2D eigenvalue weighted by Gasteiger charge is 2.18. The molecule has 1 aromatic heterocycles. The zero-order chi connectivity index (χ0) is 18.8. The van der Waals surface area contributed by atoms with Crippen molar-refractivity contribution in [3.05, 3.63) is 52.3 Å². The second-order valence-corrected chi connectivity index (χ2v) is 7.80. The van der Waals surface area contributed by atoms with Crippen molar-refractivity contribution in [2.45, 2.75) is 6.54 Å². The van der Waals surface area contributed by atoms with E-state index < -0.39 is 0 Å². The molecule has 1 aliphatic heterocycles. The molecule has 2 heterocycles. The largest absolute Gasteiger partial charge is 0.454 e. The molecule has 0 saturated carbocycles. The van der Waals surface area contributed by atoms with E-state index in [2.05, 4.69) is 4.99 Å². The van der Waals surface area contributed by atoms with E-state index in [0.717, 1.165) is 22.5 Å². The minimum atomic E-state index is -0.330. The standard InChI is InChI=1S/C19H15N3O3S2/c1-26-7-6-22-14-8-15-16(25-11-24-15)9-17(14)27-19(22)21-18(23)13-4-2-12(10-20)3-5-13/h2-5,8-9H,6-7,11H2,1H3. The van der Waals surface area contributed by atoms with Crippen LogP contribution >= 0.6 is 23.1 Å². The van der Waals surface area contributed by atoms with Gasteiger partial charge in [0.15, 0.2) is 16.3 Å². The van der Waals surface area contributed by atoms with Crippen molar-refractivity contribution in [1.82, 2.24) is 4.57 Å². The first-order valence-electron chi connectivity index (χ1n) is 8.21. The van der Waals surface area contributed by atoms with Gasteiger partial charge in [0.05, 0.1) is 21.8 Å². The Hall–Kier alpha value is -2.76. The minimum absolute atomic E-state index is 0.228. The fourth-order valence-electron chi connectivity index (χ4n) is 2.78. The first-order valence-corrected chi connectivity index (χ1v) is 10.4. The summed E-state index contributed by atoms with van der Waals surface area (Å²) in [5, 5.41) is 8.89. The molecule has 3 aromatic rings. The highest BCUT2D eigenvalue weighted by molar-refractivity contribution is 7.98. The van der Waals surface area contributed by atoms with Crippen LogP contribution in [0.5, 0.6) is 11.5 Å². The fraction of sp³-hybridized carbons (Fsp3) is 0.211. The number of carbonyl (C=O) groups is 1. The van der Waals surface area contributed by atoms with Crippen molar-refractivity contribution >= 4 is 39.2 Å². The summed E-state index contributed by atoms with van der Waals surface area (Å²) in [5.41, 5.74) is 1.94. The number of aryl methyl sites for hydroxylation is 1. The van der Waals surface area contributed by atoms with Crippen LogP contribution in [0.2, 0.25) is 0 Å². The van der Waals surface area contributed by atoms with Crippen molar-refractivity contribution in [2.24, 2.45) is 4.99 Å². The quantitative estimate of drug-likeness (QED) is 0.674. The summed E-state index contributed by atoms with van der Waals surface area (Å²) in [6, 6.07) is 12.4. The summed E-state index contributed by atoms with van der Waals surface area (Å²) in [5.74, 6) is 2.00. The molecule has 0 radical (unpaired) electrons. The lowest BCUT2D eigenvalue weighted by Gasteiger charge is -2.04. The van der Waals surface area contributed by atoms with Crippen LogP contribution in [0.25, 0.3) is 10.2 Å². The predicted octanol–water partition coefficient (Wildman–Crippen LogP) is 3.41. The monoisotopic (exact) mass is 397 g/mol. The minimum Gasteiger partial charge on any atom is -0.454 e. The third-order valence-corrected chi connectivity index (χ3v) is 5.79. The van der Waals surface area contributed by atoms with E-state index in [0.29, 0.717) is 27.4 Å². The lowest BCUT2D eigenvalue weighted by molar-refractivity contribution is 0.0998. The normalized spacial score (nSPS) is 13.1. The number of aromatic nitrogens is 1. The third kappa shape index (κ3) is 3.44. The molecule has 0 saturated heterocycles. The fourth-order valence-corrected chi connectivity index (χ4v) is 4.21. The maximum absolute atomic E-state index is 12.6. The van der Waals surface area contributed by atoms with Gasteiger partial charge in [0.25, 0.3) is 5.91 Å². The van der Waals surface area contributed by atoms with Crippen LogP contribution in [-0.2, 0) is 6.54 Å². The second kappa shape index (κ2) is 7.47. The Morgan fingerprint density at radius 3 is 2.74 bits per heavy atom. The smallest absolute Gasteiger partial charge is 0.279 e. The Morgan fingerprint density at radius 2 is 2.04 bits per heavy atom. The molecule has 27 heavy (non-hydrogen) atoms. The molecule has 0 N–H and O–H groups in total. The van der Waals surface area contributed by atoms with Gasteiger partial charge in [0, 0.05) is 30.0 Å². The zero-order valence-corrected chi connectivity index (χ0v) is 16.1. The first-order chi connectivity index (χ1) is 13.2.